The lowest BCUT2D eigenvalue weighted by atomic mass is 10.2. The van der Waals surface area contributed by atoms with E-state index in [4.69, 9.17) is 4.74 Å². The van der Waals surface area contributed by atoms with Crippen molar-refractivity contribution in [3.05, 3.63) is 54.1 Å². The summed E-state index contributed by atoms with van der Waals surface area (Å²) in [5.74, 6) is -0.612. The lowest BCUT2D eigenvalue weighted by Gasteiger charge is -2.32. The van der Waals surface area contributed by atoms with Gasteiger partial charge in [0.05, 0.1) is 18.4 Å². The molecule has 2 aromatic rings. The van der Waals surface area contributed by atoms with Crippen LogP contribution in [-0.4, -0.2) is 37.5 Å². The average Bonchev–Trinajstić information content (AvgIpc) is 2.65. The van der Waals surface area contributed by atoms with E-state index < -0.39 is 12.1 Å². The maximum atomic E-state index is 12.4. The van der Waals surface area contributed by atoms with Gasteiger partial charge in [0.1, 0.15) is 12.3 Å². The van der Waals surface area contributed by atoms with E-state index in [0.29, 0.717) is 22.7 Å². The highest BCUT2D eigenvalue weighted by Gasteiger charge is 2.32. The number of carbonyl (C=O) groups is 3. The van der Waals surface area contributed by atoms with Crippen molar-refractivity contribution in [2.45, 2.75) is 13.0 Å². The number of benzene rings is 2. The van der Waals surface area contributed by atoms with Crippen molar-refractivity contribution in [1.82, 2.24) is 0 Å². The van der Waals surface area contributed by atoms with Gasteiger partial charge >= 0.3 is 5.97 Å². The largest absolute Gasteiger partial charge is 0.479 e. The van der Waals surface area contributed by atoms with Gasteiger partial charge in [-0.1, -0.05) is 18.2 Å². The van der Waals surface area contributed by atoms with Crippen LogP contribution in [0.4, 0.5) is 11.4 Å². The number of esters is 1. The molecule has 2 aromatic carbocycles. The third-order valence-corrected chi connectivity index (χ3v) is 3.94. The molecule has 1 aliphatic rings. The van der Waals surface area contributed by atoms with Crippen molar-refractivity contribution in [3.8, 4) is 5.75 Å². The number of fused-ring (bicyclic) bond motifs is 1. The number of rotatable bonds is 4. The second-order valence-corrected chi connectivity index (χ2v) is 5.77. The highest BCUT2D eigenvalue weighted by atomic mass is 16.5. The number of hydrogen-bond donors (Lipinski definition) is 1. The first kappa shape index (κ1) is 17.5. The Kier molecular flexibility index (Phi) is 4.88. The number of nitrogens with one attached hydrogen (secondary N) is 1. The molecule has 1 atom stereocenters. The second-order valence-electron chi connectivity index (χ2n) is 5.77. The molecule has 0 aliphatic carbocycles. The first-order chi connectivity index (χ1) is 12.5. The summed E-state index contributed by atoms with van der Waals surface area (Å²) in [5, 5.41) is 2.69. The Hall–Kier alpha value is -3.35. The average molecular weight is 354 g/mol. The number of methoxy groups -OCH3 is 1. The van der Waals surface area contributed by atoms with Gasteiger partial charge in [-0.05, 0) is 37.3 Å². The van der Waals surface area contributed by atoms with Crippen LogP contribution in [0.2, 0.25) is 0 Å². The zero-order chi connectivity index (χ0) is 18.7. The molecular formula is C19H18N2O5. The summed E-state index contributed by atoms with van der Waals surface area (Å²) in [6.07, 6.45) is -0.666. The molecule has 0 fully saturated rings. The summed E-state index contributed by atoms with van der Waals surface area (Å²) in [6, 6.07) is 13.5. The molecule has 1 heterocycles. The van der Waals surface area contributed by atoms with Gasteiger partial charge in [-0.25, -0.2) is 4.79 Å². The third-order valence-electron chi connectivity index (χ3n) is 3.94. The minimum absolute atomic E-state index is 0.161. The molecule has 1 unspecified atom stereocenters. The van der Waals surface area contributed by atoms with Crippen LogP contribution in [0.1, 0.15) is 17.3 Å². The molecule has 26 heavy (non-hydrogen) atoms. The van der Waals surface area contributed by atoms with Gasteiger partial charge in [-0.15, -0.1) is 0 Å². The number of amides is 2. The molecule has 7 heteroatoms. The van der Waals surface area contributed by atoms with E-state index in [1.54, 1.807) is 49.4 Å². The topological polar surface area (TPSA) is 84.9 Å². The molecule has 0 radical (unpaired) electrons. The number of ether oxygens (including phenoxy) is 2. The SMILES string of the molecule is COC(=O)c1cccc(NC(=O)CN2C(=O)C(C)Oc3ccccc32)c1. The fraction of sp³-hybridized carbons (Fsp3) is 0.211. The summed E-state index contributed by atoms with van der Waals surface area (Å²) in [6.45, 7) is 1.48. The molecule has 134 valence electrons. The quantitative estimate of drug-likeness (QED) is 0.851. The van der Waals surface area contributed by atoms with E-state index in [1.807, 2.05) is 0 Å². The lowest BCUT2D eigenvalue weighted by Crippen LogP contribution is -2.47. The Morgan fingerprint density at radius 3 is 2.73 bits per heavy atom. The maximum Gasteiger partial charge on any atom is 0.337 e. The van der Waals surface area contributed by atoms with Crippen LogP contribution in [0.3, 0.4) is 0 Å². The summed E-state index contributed by atoms with van der Waals surface area (Å²) < 4.78 is 10.2. The Balaban J connectivity index is 1.76. The van der Waals surface area contributed by atoms with Gasteiger partial charge in [0, 0.05) is 5.69 Å². The highest BCUT2D eigenvalue weighted by molar-refractivity contribution is 6.06. The van der Waals surface area contributed by atoms with E-state index in [9.17, 15) is 14.4 Å². The Bertz CT molecular complexity index is 865. The predicted octanol–water partition coefficient (Wildman–Crippen LogP) is 2.23. The molecule has 0 bridgehead atoms. The molecule has 2 amide bonds. The van der Waals surface area contributed by atoms with Crippen LogP contribution in [0.15, 0.2) is 48.5 Å². The van der Waals surface area contributed by atoms with E-state index in [2.05, 4.69) is 10.1 Å². The fourth-order valence-corrected chi connectivity index (χ4v) is 2.71. The van der Waals surface area contributed by atoms with Crippen molar-refractivity contribution in [2.75, 3.05) is 23.9 Å². The van der Waals surface area contributed by atoms with Crippen molar-refractivity contribution >= 4 is 29.2 Å². The monoisotopic (exact) mass is 354 g/mol. The minimum Gasteiger partial charge on any atom is -0.479 e. The number of anilines is 2. The Morgan fingerprint density at radius 2 is 1.96 bits per heavy atom. The highest BCUT2D eigenvalue weighted by Crippen LogP contribution is 2.33. The van der Waals surface area contributed by atoms with Gasteiger partial charge in [0.25, 0.3) is 5.91 Å². The van der Waals surface area contributed by atoms with Crippen LogP contribution in [0, 0.1) is 0 Å². The minimum atomic E-state index is -0.666. The van der Waals surface area contributed by atoms with E-state index in [-0.39, 0.29) is 18.4 Å². The molecule has 3 rings (SSSR count). The van der Waals surface area contributed by atoms with Crippen LogP contribution < -0.4 is 15.0 Å². The summed E-state index contributed by atoms with van der Waals surface area (Å²) in [7, 11) is 1.29. The smallest absolute Gasteiger partial charge is 0.337 e. The number of nitrogens with zero attached hydrogens (tertiary/aromatic N) is 1. The van der Waals surface area contributed by atoms with Crippen molar-refractivity contribution in [1.29, 1.82) is 0 Å². The maximum absolute atomic E-state index is 12.4. The molecule has 0 spiro atoms. The number of para-hydroxylation sites is 2. The van der Waals surface area contributed by atoms with E-state index in [0.717, 1.165) is 0 Å². The van der Waals surface area contributed by atoms with Gasteiger partial charge in [-0.2, -0.15) is 0 Å². The fourth-order valence-electron chi connectivity index (χ4n) is 2.71. The van der Waals surface area contributed by atoms with E-state index in [1.165, 1.54) is 18.1 Å². The van der Waals surface area contributed by atoms with Crippen LogP contribution in [-0.2, 0) is 14.3 Å². The molecule has 0 aromatic heterocycles. The number of hydrogen-bond acceptors (Lipinski definition) is 5. The summed E-state index contributed by atoms with van der Waals surface area (Å²) in [5.41, 5.74) is 1.32. The zero-order valence-electron chi connectivity index (χ0n) is 14.4. The van der Waals surface area contributed by atoms with Crippen molar-refractivity contribution < 1.29 is 23.9 Å². The van der Waals surface area contributed by atoms with Crippen LogP contribution in [0.25, 0.3) is 0 Å². The van der Waals surface area contributed by atoms with Crippen LogP contribution >= 0.6 is 0 Å². The predicted molar refractivity (Wildman–Crippen MR) is 95.3 cm³/mol. The summed E-state index contributed by atoms with van der Waals surface area (Å²) in [4.78, 5) is 37.8. The molecule has 1 aliphatic heterocycles. The van der Waals surface area contributed by atoms with Gasteiger partial charge in [-0.3, -0.25) is 14.5 Å². The van der Waals surface area contributed by atoms with E-state index >= 15 is 0 Å². The summed E-state index contributed by atoms with van der Waals surface area (Å²) >= 11 is 0. The molecule has 0 saturated heterocycles. The Labute approximate surface area is 150 Å². The van der Waals surface area contributed by atoms with Crippen LogP contribution in [0.5, 0.6) is 5.75 Å². The standard InChI is InChI=1S/C19H18N2O5/c1-12-18(23)21(15-8-3-4-9-16(15)26-12)11-17(22)20-14-7-5-6-13(10-14)19(24)25-2/h3-10,12H,11H2,1-2H3,(H,20,22). The Morgan fingerprint density at radius 1 is 1.19 bits per heavy atom. The first-order valence-corrected chi connectivity index (χ1v) is 8.05. The van der Waals surface area contributed by atoms with Gasteiger partial charge in [0.15, 0.2) is 6.10 Å². The van der Waals surface area contributed by atoms with Crippen molar-refractivity contribution in [2.24, 2.45) is 0 Å². The zero-order valence-corrected chi connectivity index (χ0v) is 14.4. The molecule has 1 N–H and O–H groups in total. The lowest BCUT2D eigenvalue weighted by molar-refractivity contribution is -0.127. The van der Waals surface area contributed by atoms with Crippen molar-refractivity contribution in [3.63, 3.8) is 0 Å². The number of carbonyl (C=O) groups excluding carboxylic acids is 3. The molecule has 0 saturated carbocycles. The van der Waals surface area contributed by atoms with Gasteiger partial charge < -0.3 is 14.8 Å². The molecular weight excluding hydrogens is 336 g/mol. The van der Waals surface area contributed by atoms with Gasteiger partial charge in [0.2, 0.25) is 5.91 Å². The normalized spacial score (nSPS) is 15.7. The first-order valence-electron chi connectivity index (χ1n) is 8.05. The molecule has 7 nitrogen and oxygen atoms in total. The third kappa shape index (κ3) is 3.51. The second kappa shape index (κ2) is 7.26.